The second kappa shape index (κ2) is 6.17. The first-order valence-corrected chi connectivity index (χ1v) is 7.17. The Morgan fingerprint density at radius 2 is 1.88 bits per heavy atom. The van der Waals surface area contributed by atoms with Gasteiger partial charge in [-0.1, -0.05) is 25.7 Å². The first-order chi connectivity index (χ1) is 8.28. The molecule has 1 aliphatic heterocycles. The van der Waals surface area contributed by atoms with E-state index < -0.39 is 0 Å². The molecule has 0 amide bonds. The lowest BCUT2D eigenvalue weighted by atomic mass is 9.78. The Morgan fingerprint density at radius 3 is 2.41 bits per heavy atom. The number of hydrogen-bond acceptors (Lipinski definition) is 3. The normalized spacial score (nSPS) is 31.8. The van der Waals surface area contributed by atoms with Crippen molar-refractivity contribution >= 4 is 0 Å². The fourth-order valence-corrected chi connectivity index (χ4v) is 3.48. The van der Waals surface area contributed by atoms with Crippen LogP contribution in [0, 0.1) is 5.92 Å². The minimum Gasteiger partial charge on any atom is -0.381 e. The third kappa shape index (κ3) is 3.01. The molecule has 1 saturated heterocycles. The van der Waals surface area contributed by atoms with Gasteiger partial charge in [-0.05, 0) is 25.7 Å². The van der Waals surface area contributed by atoms with Crippen molar-refractivity contribution in [2.75, 3.05) is 20.3 Å². The van der Waals surface area contributed by atoms with Gasteiger partial charge in [0.2, 0.25) is 0 Å². The highest BCUT2D eigenvalue weighted by molar-refractivity contribution is 4.96. The molecule has 0 radical (unpaired) electrons. The van der Waals surface area contributed by atoms with Crippen LogP contribution in [-0.4, -0.2) is 32.0 Å². The number of ether oxygens (including phenoxy) is 2. The second-order valence-electron chi connectivity index (χ2n) is 5.69. The molecular formula is C14H27NO2. The highest BCUT2D eigenvalue weighted by Gasteiger charge is 2.41. The van der Waals surface area contributed by atoms with Gasteiger partial charge in [0.1, 0.15) is 0 Å². The van der Waals surface area contributed by atoms with Crippen LogP contribution in [0.3, 0.4) is 0 Å². The van der Waals surface area contributed by atoms with Gasteiger partial charge in [0, 0.05) is 25.7 Å². The topological polar surface area (TPSA) is 44.5 Å². The molecule has 0 aromatic rings. The Morgan fingerprint density at radius 1 is 1.18 bits per heavy atom. The zero-order chi connectivity index (χ0) is 12.1. The zero-order valence-electron chi connectivity index (χ0n) is 11.1. The number of nitrogens with two attached hydrogens (primary N) is 1. The molecule has 0 aromatic carbocycles. The molecule has 2 aliphatic rings. The zero-order valence-corrected chi connectivity index (χ0v) is 11.1. The van der Waals surface area contributed by atoms with Crippen LogP contribution >= 0.6 is 0 Å². The summed E-state index contributed by atoms with van der Waals surface area (Å²) < 4.78 is 11.5. The predicted molar refractivity (Wildman–Crippen MR) is 69.0 cm³/mol. The van der Waals surface area contributed by atoms with Gasteiger partial charge >= 0.3 is 0 Å². The SMILES string of the molecule is COC1(C(N)C2CCCOC2)CCCCCC1. The highest BCUT2D eigenvalue weighted by atomic mass is 16.5. The molecular weight excluding hydrogens is 214 g/mol. The monoisotopic (exact) mass is 241 g/mol. The van der Waals surface area contributed by atoms with Crippen LogP contribution < -0.4 is 5.73 Å². The van der Waals surface area contributed by atoms with Crippen LogP contribution in [0.5, 0.6) is 0 Å². The highest BCUT2D eigenvalue weighted by Crippen LogP contribution is 2.36. The molecule has 3 nitrogen and oxygen atoms in total. The van der Waals surface area contributed by atoms with Gasteiger partial charge in [0.05, 0.1) is 12.2 Å². The summed E-state index contributed by atoms with van der Waals surface area (Å²) in [7, 11) is 1.84. The quantitative estimate of drug-likeness (QED) is 0.772. The van der Waals surface area contributed by atoms with E-state index in [0.717, 1.165) is 32.5 Å². The van der Waals surface area contributed by atoms with Crippen molar-refractivity contribution in [1.82, 2.24) is 0 Å². The molecule has 0 aromatic heterocycles. The largest absolute Gasteiger partial charge is 0.381 e. The van der Waals surface area contributed by atoms with E-state index in [-0.39, 0.29) is 11.6 Å². The van der Waals surface area contributed by atoms with E-state index in [0.29, 0.717) is 5.92 Å². The molecule has 1 saturated carbocycles. The van der Waals surface area contributed by atoms with Crippen molar-refractivity contribution in [3.05, 3.63) is 0 Å². The summed E-state index contributed by atoms with van der Waals surface area (Å²) in [6, 6.07) is 0.144. The Hall–Kier alpha value is -0.120. The predicted octanol–water partition coefficient (Wildman–Crippen LogP) is 2.48. The fraction of sp³-hybridized carbons (Fsp3) is 1.00. The standard InChI is InChI=1S/C14H27NO2/c1-16-14(8-4-2-3-5-9-14)13(15)12-7-6-10-17-11-12/h12-13H,2-11,15H2,1H3. The molecule has 2 rings (SSSR count). The maximum Gasteiger partial charge on any atom is 0.0832 e. The van der Waals surface area contributed by atoms with E-state index in [4.69, 9.17) is 15.2 Å². The fourth-order valence-electron chi connectivity index (χ4n) is 3.48. The summed E-state index contributed by atoms with van der Waals surface area (Å²) in [5, 5.41) is 0. The lowest BCUT2D eigenvalue weighted by Gasteiger charge is -2.42. The maximum absolute atomic E-state index is 6.53. The molecule has 2 unspecified atom stereocenters. The van der Waals surface area contributed by atoms with Crippen LogP contribution in [0.4, 0.5) is 0 Å². The molecule has 2 fully saturated rings. The van der Waals surface area contributed by atoms with Gasteiger partial charge in [-0.3, -0.25) is 0 Å². The van der Waals surface area contributed by atoms with Crippen LogP contribution in [-0.2, 0) is 9.47 Å². The lowest BCUT2D eigenvalue weighted by Crippen LogP contribution is -2.55. The summed E-state index contributed by atoms with van der Waals surface area (Å²) in [5.74, 6) is 0.488. The Labute approximate surface area is 105 Å². The third-order valence-corrected chi connectivity index (χ3v) is 4.67. The van der Waals surface area contributed by atoms with E-state index in [9.17, 15) is 0 Å². The van der Waals surface area contributed by atoms with Gasteiger partial charge in [0.25, 0.3) is 0 Å². The molecule has 2 N–H and O–H groups in total. The minimum absolute atomic E-state index is 0.0815. The van der Waals surface area contributed by atoms with Crippen LogP contribution in [0.25, 0.3) is 0 Å². The van der Waals surface area contributed by atoms with Gasteiger partial charge < -0.3 is 15.2 Å². The molecule has 0 bridgehead atoms. The molecule has 0 spiro atoms. The minimum atomic E-state index is -0.0815. The summed E-state index contributed by atoms with van der Waals surface area (Å²) in [6.07, 6.45) is 9.79. The van der Waals surface area contributed by atoms with Gasteiger partial charge in [-0.25, -0.2) is 0 Å². The van der Waals surface area contributed by atoms with Crippen molar-refractivity contribution in [2.45, 2.75) is 63.0 Å². The molecule has 1 aliphatic carbocycles. The molecule has 100 valence electrons. The summed E-state index contributed by atoms with van der Waals surface area (Å²) >= 11 is 0. The smallest absolute Gasteiger partial charge is 0.0832 e. The van der Waals surface area contributed by atoms with Crippen LogP contribution in [0.15, 0.2) is 0 Å². The molecule has 1 heterocycles. The van der Waals surface area contributed by atoms with E-state index in [1.807, 2.05) is 7.11 Å². The van der Waals surface area contributed by atoms with Gasteiger partial charge in [-0.15, -0.1) is 0 Å². The summed E-state index contributed by atoms with van der Waals surface area (Å²) in [5.41, 5.74) is 6.45. The Balaban J connectivity index is 2.03. The summed E-state index contributed by atoms with van der Waals surface area (Å²) in [6.45, 7) is 1.73. The van der Waals surface area contributed by atoms with Gasteiger partial charge in [-0.2, -0.15) is 0 Å². The van der Waals surface area contributed by atoms with Gasteiger partial charge in [0.15, 0.2) is 0 Å². The van der Waals surface area contributed by atoms with Crippen molar-refractivity contribution in [1.29, 1.82) is 0 Å². The van der Waals surface area contributed by atoms with Crippen molar-refractivity contribution < 1.29 is 9.47 Å². The first kappa shape index (κ1) is 13.3. The lowest BCUT2D eigenvalue weighted by molar-refractivity contribution is -0.0765. The maximum atomic E-state index is 6.53. The second-order valence-corrected chi connectivity index (χ2v) is 5.69. The first-order valence-electron chi connectivity index (χ1n) is 7.17. The average Bonchev–Trinajstić information content (AvgIpc) is 2.65. The third-order valence-electron chi connectivity index (χ3n) is 4.67. The van der Waals surface area contributed by atoms with E-state index in [1.54, 1.807) is 0 Å². The Kier molecular flexibility index (Phi) is 4.83. The van der Waals surface area contributed by atoms with Crippen molar-refractivity contribution in [2.24, 2.45) is 11.7 Å². The average molecular weight is 241 g/mol. The number of methoxy groups -OCH3 is 1. The van der Waals surface area contributed by atoms with E-state index in [2.05, 4.69) is 0 Å². The van der Waals surface area contributed by atoms with Crippen LogP contribution in [0.2, 0.25) is 0 Å². The summed E-state index contributed by atoms with van der Waals surface area (Å²) in [4.78, 5) is 0. The molecule has 17 heavy (non-hydrogen) atoms. The number of hydrogen-bond donors (Lipinski definition) is 1. The van der Waals surface area contributed by atoms with E-state index in [1.165, 1.54) is 32.1 Å². The molecule has 3 heteroatoms. The van der Waals surface area contributed by atoms with Crippen molar-refractivity contribution in [3.63, 3.8) is 0 Å². The van der Waals surface area contributed by atoms with Crippen molar-refractivity contribution in [3.8, 4) is 0 Å². The number of rotatable bonds is 3. The molecule has 2 atom stereocenters. The van der Waals surface area contributed by atoms with Crippen LogP contribution in [0.1, 0.15) is 51.4 Å². The van der Waals surface area contributed by atoms with E-state index >= 15 is 0 Å². The Bertz CT molecular complexity index is 218.